The van der Waals surface area contributed by atoms with Gasteiger partial charge in [0.1, 0.15) is 24.4 Å². The van der Waals surface area contributed by atoms with Gasteiger partial charge in [-0.3, -0.25) is 9.59 Å². The maximum absolute atomic E-state index is 13.5. The fraction of sp³-hybridized carbons (Fsp3) is 0.824. The van der Waals surface area contributed by atoms with Gasteiger partial charge in [-0.05, 0) is 89.9 Å². The normalized spacial score (nSPS) is 19.2. The Bertz CT molecular complexity index is 1510. The van der Waals surface area contributed by atoms with Gasteiger partial charge in [0.15, 0.2) is 12.4 Å². The van der Waals surface area contributed by atoms with Crippen molar-refractivity contribution < 1.29 is 49.3 Å². The predicted molar refractivity (Wildman–Crippen MR) is 329 cm³/mol. The Hall–Kier alpha value is -2.64. The number of carbonyl (C=O) groups excluding carboxylic acids is 2. The summed E-state index contributed by atoms with van der Waals surface area (Å²) < 4.78 is 17.7. The molecule has 0 radical (unpaired) electrons. The molecule has 0 aliphatic carbocycles. The zero-order valence-corrected chi connectivity index (χ0v) is 51.0. The summed E-state index contributed by atoms with van der Waals surface area (Å²) >= 11 is 0. The molecule has 0 bridgehead atoms. The summed E-state index contributed by atoms with van der Waals surface area (Å²) in [5, 5.41) is 57.1. The third kappa shape index (κ3) is 43.7. The van der Waals surface area contributed by atoms with Crippen LogP contribution in [-0.4, -0.2) is 99.6 Å². The Kier molecular flexibility index (Phi) is 52.6. The van der Waals surface area contributed by atoms with E-state index >= 15 is 0 Å². The van der Waals surface area contributed by atoms with Crippen molar-refractivity contribution in [1.29, 1.82) is 0 Å². The van der Waals surface area contributed by atoms with Crippen molar-refractivity contribution in [1.82, 2.24) is 5.32 Å². The Morgan fingerprint density at radius 1 is 0.494 bits per heavy atom. The van der Waals surface area contributed by atoms with Crippen molar-refractivity contribution in [3.8, 4) is 0 Å². The number of hydrogen-bond donors (Lipinski definition) is 6. The number of amides is 1. The SMILES string of the molecule is CCCCC/C=C\C/C=C\CCCCCCCCCCCC(=O)OC1C(OCC(NC(=O)C(O)CCCCCCCCCC/C=C\C/C=C\CCCCC)C(O)/C=C/CCCCCCCCCCCCC)OC(CO)C(O)C1O. The molecule has 0 aromatic carbocycles. The smallest absolute Gasteiger partial charge is 0.306 e. The second-order valence-corrected chi connectivity index (χ2v) is 22.8. The van der Waals surface area contributed by atoms with E-state index in [-0.39, 0.29) is 19.4 Å². The number of rotatable bonds is 56. The van der Waals surface area contributed by atoms with E-state index < -0.39 is 67.4 Å². The van der Waals surface area contributed by atoms with Crippen LogP contribution in [0.1, 0.15) is 297 Å². The quantitative estimate of drug-likeness (QED) is 0.0195. The minimum absolute atomic E-state index is 0.118. The van der Waals surface area contributed by atoms with Gasteiger partial charge in [-0.1, -0.05) is 261 Å². The molecular weight excluding hydrogens is 991 g/mol. The van der Waals surface area contributed by atoms with Crippen LogP contribution in [0.5, 0.6) is 0 Å². The van der Waals surface area contributed by atoms with Crippen LogP contribution < -0.4 is 5.32 Å². The Balaban J connectivity index is 2.66. The maximum atomic E-state index is 13.5. The summed E-state index contributed by atoms with van der Waals surface area (Å²) in [6, 6.07) is -1.03. The van der Waals surface area contributed by atoms with Gasteiger partial charge in [0.2, 0.25) is 5.91 Å². The monoisotopic (exact) mass is 1110 g/mol. The number of aliphatic hydroxyl groups excluding tert-OH is 5. The first-order valence-electron chi connectivity index (χ1n) is 33.1. The van der Waals surface area contributed by atoms with Crippen molar-refractivity contribution in [2.45, 2.75) is 346 Å². The van der Waals surface area contributed by atoms with Crippen LogP contribution in [0.25, 0.3) is 0 Å². The molecule has 1 aliphatic rings. The van der Waals surface area contributed by atoms with Crippen molar-refractivity contribution in [2.75, 3.05) is 13.2 Å². The van der Waals surface area contributed by atoms with Gasteiger partial charge in [0.05, 0.1) is 25.4 Å². The number of nitrogens with one attached hydrogen (secondary N) is 1. The van der Waals surface area contributed by atoms with Gasteiger partial charge in [0, 0.05) is 6.42 Å². The lowest BCUT2D eigenvalue weighted by Gasteiger charge is -2.41. The molecule has 0 aromatic heterocycles. The van der Waals surface area contributed by atoms with Gasteiger partial charge in [-0.25, -0.2) is 0 Å². The van der Waals surface area contributed by atoms with Gasteiger partial charge in [-0.2, -0.15) is 0 Å². The molecule has 8 unspecified atom stereocenters. The summed E-state index contributed by atoms with van der Waals surface area (Å²) in [4.78, 5) is 26.6. The molecular formula is C68H123NO10. The first kappa shape index (κ1) is 74.4. The van der Waals surface area contributed by atoms with Gasteiger partial charge in [-0.15, -0.1) is 0 Å². The van der Waals surface area contributed by atoms with Gasteiger partial charge < -0.3 is 45.1 Å². The third-order valence-electron chi connectivity index (χ3n) is 15.4. The van der Waals surface area contributed by atoms with Gasteiger partial charge >= 0.3 is 5.97 Å². The highest BCUT2D eigenvalue weighted by Crippen LogP contribution is 2.26. The molecule has 0 saturated carbocycles. The molecule has 11 nitrogen and oxygen atoms in total. The number of hydrogen-bond acceptors (Lipinski definition) is 10. The topological polar surface area (TPSA) is 175 Å². The first-order chi connectivity index (χ1) is 38.7. The van der Waals surface area contributed by atoms with Gasteiger partial charge in [0.25, 0.3) is 0 Å². The summed E-state index contributed by atoms with van der Waals surface area (Å²) in [6.07, 6.45) is 59.6. The average Bonchev–Trinajstić information content (AvgIpc) is 3.49. The summed E-state index contributed by atoms with van der Waals surface area (Å²) in [7, 11) is 0. The van der Waals surface area contributed by atoms with Crippen LogP contribution in [0.2, 0.25) is 0 Å². The molecule has 11 heteroatoms. The van der Waals surface area contributed by atoms with Crippen molar-refractivity contribution in [2.24, 2.45) is 0 Å². The molecule has 6 N–H and O–H groups in total. The molecule has 1 rings (SSSR count). The highest BCUT2D eigenvalue weighted by atomic mass is 16.7. The summed E-state index contributed by atoms with van der Waals surface area (Å²) in [5.74, 6) is -1.20. The van der Waals surface area contributed by atoms with Crippen molar-refractivity contribution in [3.05, 3.63) is 60.8 Å². The van der Waals surface area contributed by atoms with Crippen molar-refractivity contribution >= 4 is 11.9 Å². The van der Waals surface area contributed by atoms with Crippen LogP contribution in [-0.2, 0) is 23.8 Å². The van der Waals surface area contributed by atoms with Crippen LogP contribution in [0.3, 0.4) is 0 Å². The minimum Gasteiger partial charge on any atom is -0.454 e. The molecule has 1 saturated heterocycles. The largest absolute Gasteiger partial charge is 0.454 e. The maximum Gasteiger partial charge on any atom is 0.306 e. The fourth-order valence-electron chi connectivity index (χ4n) is 10.1. The fourth-order valence-corrected chi connectivity index (χ4v) is 10.1. The zero-order chi connectivity index (χ0) is 57.5. The van der Waals surface area contributed by atoms with E-state index in [0.29, 0.717) is 12.8 Å². The van der Waals surface area contributed by atoms with E-state index in [1.807, 2.05) is 6.08 Å². The van der Waals surface area contributed by atoms with Crippen LogP contribution in [0, 0.1) is 0 Å². The van der Waals surface area contributed by atoms with Crippen LogP contribution in [0.4, 0.5) is 0 Å². The second kappa shape index (κ2) is 55.9. The van der Waals surface area contributed by atoms with Crippen LogP contribution in [0.15, 0.2) is 60.8 Å². The minimum atomic E-state index is -1.62. The highest BCUT2D eigenvalue weighted by Gasteiger charge is 2.47. The lowest BCUT2D eigenvalue weighted by atomic mass is 9.99. The van der Waals surface area contributed by atoms with E-state index in [1.165, 1.54) is 167 Å². The standard InChI is InChI=1S/C68H123NO10/c1-4-7-10-13-16-19-22-25-27-29-31-33-35-38-41-44-47-50-53-56-63(73)79-66-65(75)64(74)62(57-70)78-68(66)77-58-59(60(71)54-51-48-45-42-39-36-24-21-18-15-12-9-6-3)69-67(76)61(72)55-52-49-46-43-40-37-34-32-30-28-26-23-20-17-14-11-8-5-2/h16-17,19-20,25-28,51,54,59-62,64-66,68,70-72,74-75H,4-15,18,21-24,29-50,52-53,55-58H2,1-3H3,(H,69,76)/b19-16-,20-17-,27-25-,28-26-,54-51+. The van der Waals surface area contributed by atoms with E-state index in [1.54, 1.807) is 6.08 Å². The molecule has 0 aromatic rings. The first-order valence-corrected chi connectivity index (χ1v) is 33.1. The number of carbonyl (C=O) groups is 2. The highest BCUT2D eigenvalue weighted by molar-refractivity contribution is 5.80. The molecule has 8 atom stereocenters. The van der Waals surface area contributed by atoms with Crippen LogP contribution >= 0.6 is 0 Å². The third-order valence-corrected chi connectivity index (χ3v) is 15.4. The van der Waals surface area contributed by atoms with E-state index in [0.717, 1.165) is 83.5 Å². The summed E-state index contributed by atoms with van der Waals surface area (Å²) in [5.41, 5.74) is 0. The molecule has 460 valence electrons. The predicted octanol–water partition coefficient (Wildman–Crippen LogP) is 16.2. The number of aliphatic hydroxyl groups is 5. The van der Waals surface area contributed by atoms with Crippen molar-refractivity contribution in [3.63, 3.8) is 0 Å². The van der Waals surface area contributed by atoms with E-state index in [4.69, 9.17) is 14.2 Å². The molecule has 1 amide bonds. The Labute approximate surface area is 484 Å². The van der Waals surface area contributed by atoms with E-state index in [2.05, 4.69) is 74.7 Å². The molecule has 1 heterocycles. The Morgan fingerprint density at radius 2 is 0.873 bits per heavy atom. The number of allylic oxidation sites excluding steroid dienone is 9. The summed E-state index contributed by atoms with van der Waals surface area (Å²) in [6.45, 7) is 5.76. The molecule has 0 spiro atoms. The lowest BCUT2D eigenvalue weighted by Crippen LogP contribution is -2.61. The molecule has 1 aliphatic heterocycles. The second-order valence-electron chi connectivity index (χ2n) is 22.8. The van der Waals surface area contributed by atoms with E-state index in [9.17, 15) is 35.1 Å². The average molecular weight is 1110 g/mol. The number of esters is 1. The number of unbranched alkanes of at least 4 members (excludes halogenated alkanes) is 34. The lowest BCUT2D eigenvalue weighted by molar-refractivity contribution is -0.305. The molecule has 79 heavy (non-hydrogen) atoms. The Morgan fingerprint density at radius 3 is 1.32 bits per heavy atom. The number of ether oxygens (including phenoxy) is 3. The zero-order valence-electron chi connectivity index (χ0n) is 51.0. The molecule has 1 fully saturated rings.